The van der Waals surface area contributed by atoms with Crippen molar-refractivity contribution in [3.8, 4) is 0 Å². The van der Waals surface area contributed by atoms with Crippen molar-refractivity contribution >= 4 is 11.9 Å². The second kappa shape index (κ2) is 9.10. The van der Waals surface area contributed by atoms with Gasteiger partial charge in [-0.25, -0.2) is 0 Å². The molecule has 1 saturated carbocycles. The first-order chi connectivity index (χ1) is 12.7. The minimum Gasteiger partial charge on any atom is -0.459 e. The van der Waals surface area contributed by atoms with E-state index in [0.717, 1.165) is 37.4 Å². The van der Waals surface area contributed by atoms with E-state index in [1.807, 2.05) is 11.9 Å². The second-order valence-corrected chi connectivity index (χ2v) is 7.66. The van der Waals surface area contributed by atoms with Gasteiger partial charge in [-0.05, 0) is 36.8 Å². The van der Waals surface area contributed by atoms with Gasteiger partial charge < -0.3 is 19.5 Å². The van der Waals surface area contributed by atoms with Gasteiger partial charge in [0.1, 0.15) is 0 Å². The normalized spacial score (nSPS) is 24.6. The van der Waals surface area contributed by atoms with E-state index in [9.17, 15) is 4.79 Å². The van der Waals surface area contributed by atoms with Crippen LogP contribution in [0.2, 0.25) is 0 Å². The third-order valence-corrected chi connectivity index (χ3v) is 5.69. The Bertz CT molecular complexity index is 591. The van der Waals surface area contributed by atoms with E-state index >= 15 is 0 Å². The molecule has 3 rings (SSSR count). The minimum atomic E-state index is -0.0241. The van der Waals surface area contributed by atoms with Gasteiger partial charge in [-0.1, -0.05) is 26.2 Å². The summed E-state index contributed by atoms with van der Waals surface area (Å²) in [6.45, 7) is 6.34. The molecule has 1 saturated heterocycles. The first-order valence-electron chi connectivity index (χ1n) is 9.95. The predicted octanol–water partition coefficient (Wildman–Crippen LogP) is 2.83. The monoisotopic (exact) mass is 360 g/mol. The summed E-state index contributed by atoms with van der Waals surface area (Å²) in [7, 11) is 1.84. The van der Waals surface area contributed by atoms with E-state index in [1.165, 1.54) is 32.1 Å². The van der Waals surface area contributed by atoms with Gasteiger partial charge in [0.2, 0.25) is 0 Å². The fraction of sp³-hybridized carbons (Fsp3) is 0.700. The summed E-state index contributed by atoms with van der Waals surface area (Å²) in [5.74, 6) is 3.09. The lowest BCUT2D eigenvalue weighted by Gasteiger charge is -2.36. The van der Waals surface area contributed by atoms with Crippen molar-refractivity contribution < 1.29 is 9.21 Å². The van der Waals surface area contributed by atoms with Gasteiger partial charge in [-0.15, -0.1) is 0 Å². The molecule has 6 nitrogen and oxygen atoms in total. The van der Waals surface area contributed by atoms with Crippen molar-refractivity contribution in [1.82, 2.24) is 15.1 Å². The molecule has 2 fully saturated rings. The Hall–Kier alpha value is -1.98. The Morgan fingerprint density at radius 3 is 2.69 bits per heavy atom. The van der Waals surface area contributed by atoms with Gasteiger partial charge in [0.15, 0.2) is 11.7 Å². The number of furan rings is 1. The van der Waals surface area contributed by atoms with E-state index in [2.05, 4.69) is 22.1 Å². The number of guanidine groups is 1. The Morgan fingerprint density at radius 2 is 2.04 bits per heavy atom. The lowest BCUT2D eigenvalue weighted by molar-refractivity contribution is 0.0657. The fourth-order valence-electron chi connectivity index (χ4n) is 4.22. The minimum absolute atomic E-state index is 0.0241. The molecule has 0 bridgehead atoms. The zero-order valence-electron chi connectivity index (χ0n) is 16.1. The van der Waals surface area contributed by atoms with Crippen LogP contribution in [-0.4, -0.2) is 61.4 Å². The van der Waals surface area contributed by atoms with Gasteiger partial charge in [-0.3, -0.25) is 9.79 Å². The number of hydrogen-bond donors (Lipinski definition) is 1. The van der Waals surface area contributed by atoms with Crippen LogP contribution in [0.1, 0.15) is 49.6 Å². The highest BCUT2D eigenvalue weighted by molar-refractivity contribution is 5.91. The molecule has 2 aliphatic rings. The third kappa shape index (κ3) is 4.80. The standard InChI is InChI=1S/C20H32N4O2/c1-16-5-3-6-17(15-16)8-9-22-20(21-2)24-12-10-23(11-13-24)19(25)18-7-4-14-26-18/h4,7,14,16-17H,3,5-6,8-13,15H2,1-2H3,(H,21,22). The maximum Gasteiger partial charge on any atom is 0.289 e. The molecule has 2 atom stereocenters. The highest BCUT2D eigenvalue weighted by Gasteiger charge is 2.25. The van der Waals surface area contributed by atoms with Crippen LogP contribution in [0.5, 0.6) is 0 Å². The van der Waals surface area contributed by atoms with Gasteiger partial charge in [-0.2, -0.15) is 0 Å². The Labute approximate surface area is 156 Å². The summed E-state index contributed by atoms with van der Waals surface area (Å²) < 4.78 is 5.22. The molecule has 1 aliphatic carbocycles. The molecule has 1 N–H and O–H groups in total. The third-order valence-electron chi connectivity index (χ3n) is 5.69. The maximum absolute atomic E-state index is 12.3. The summed E-state index contributed by atoms with van der Waals surface area (Å²) in [4.78, 5) is 20.9. The van der Waals surface area contributed by atoms with Gasteiger partial charge in [0.25, 0.3) is 5.91 Å². The molecule has 1 amide bonds. The van der Waals surface area contributed by atoms with Gasteiger partial charge >= 0.3 is 0 Å². The van der Waals surface area contributed by atoms with Crippen molar-refractivity contribution in [1.29, 1.82) is 0 Å². The van der Waals surface area contributed by atoms with Crippen LogP contribution >= 0.6 is 0 Å². The zero-order valence-corrected chi connectivity index (χ0v) is 16.1. The molecule has 1 aliphatic heterocycles. The van der Waals surface area contributed by atoms with Crippen LogP contribution in [0.25, 0.3) is 0 Å². The summed E-state index contributed by atoms with van der Waals surface area (Å²) >= 11 is 0. The van der Waals surface area contributed by atoms with Crippen LogP contribution in [0.3, 0.4) is 0 Å². The maximum atomic E-state index is 12.3. The second-order valence-electron chi connectivity index (χ2n) is 7.66. The molecule has 0 spiro atoms. The van der Waals surface area contributed by atoms with Crippen molar-refractivity contribution in [2.45, 2.75) is 39.0 Å². The number of piperazine rings is 1. The summed E-state index contributed by atoms with van der Waals surface area (Å²) in [5, 5.41) is 3.53. The molecule has 0 radical (unpaired) electrons. The molecule has 1 aromatic heterocycles. The highest BCUT2D eigenvalue weighted by Crippen LogP contribution is 2.30. The van der Waals surface area contributed by atoms with Crippen LogP contribution in [0, 0.1) is 11.8 Å². The van der Waals surface area contributed by atoms with Crippen molar-refractivity contribution in [3.05, 3.63) is 24.2 Å². The van der Waals surface area contributed by atoms with E-state index < -0.39 is 0 Å². The number of carbonyl (C=O) groups excluding carboxylic acids is 1. The molecule has 1 aromatic rings. The molecule has 0 aromatic carbocycles. The molecule has 26 heavy (non-hydrogen) atoms. The largest absolute Gasteiger partial charge is 0.459 e. The quantitative estimate of drug-likeness (QED) is 0.662. The van der Waals surface area contributed by atoms with Gasteiger partial charge in [0.05, 0.1) is 6.26 Å². The van der Waals surface area contributed by atoms with E-state index in [4.69, 9.17) is 4.42 Å². The van der Waals surface area contributed by atoms with Crippen molar-refractivity contribution in [2.75, 3.05) is 39.8 Å². The number of nitrogens with zero attached hydrogens (tertiary/aromatic N) is 3. The van der Waals surface area contributed by atoms with Crippen molar-refractivity contribution in [3.63, 3.8) is 0 Å². The Kier molecular flexibility index (Phi) is 6.58. The molecular formula is C20H32N4O2. The number of hydrogen-bond acceptors (Lipinski definition) is 3. The van der Waals surface area contributed by atoms with Crippen LogP contribution in [0.4, 0.5) is 0 Å². The SMILES string of the molecule is CN=C(NCCC1CCCC(C)C1)N1CCN(C(=O)c2ccco2)CC1. The van der Waals surface area contributed by atoms with E-state index in [0.29, 0.717) is 18.8 Å². The average Bonchev–Trinajstić information content (AvgIpc) is 3.20. The Morgan fingerprint density at radius 1 is 1.27 bits per heavy atom. The van der Waals surface area contributed by atoms with E-state index in [-0.39, 0.29) is 5.91 Å². The number of rotatable bonds is 4. The summed E-state index contributed by atoms with van der Waals surface area (Å²) in [5.41, 5.74) is 0. The summed E-state index contributed by atoms with van der Waals surface area (Å²) in [6, 6.07) is 3.48. The molecule has 144 valence electrons. The lowest BCUT2D eigenvalue weighted by Crippen LogP contribution is -2.53. The predicted molar refractivity (Wildman–Crippen MR) is 103 cm³/mol. The van der Waals surface area contributed by atoms with Gasteiger partial charge in [0, 0.05) is 39.8 Å². The number of aliphatic imine (C=N–C) groups is 1. The number of amides is 1. The first kappa shape index (κ1) is 18.8. The van der Waals surface area contributed by atoms with Crippen LogP contribution in [-0.2, 0) is 0 Å². The summed E-state index contributed by atoms with van der Waals surface area (Å²) in [6.07, 6.45) is 8.29. The smallest absolute Gasteiger partial charge is 0.289 e. The lowest BCUT2D eigenvalue weighted by atomic mass is 9.81. The fourth-order valence-corrected chi connectivity index (χ4v) is 4.22. The molecule has 2 unspecified atom stereocenters. The zero-order chi connectivity index (χ0) is 18.4. The first-order valence-corrected chi connectivity index (χ1v) is 9.95. The molecular weight excluding hydrogens is 328 g/mol. The van der Waals surface area contributed by atoms with Crippen LogP contribution < -0.4 is 5.32 Å². The molecule has 6 heteroatoms. The number of nitrogens with one attached hydrogen (secondary N) is 1. The number of carbonyl (C=O) groups is 1. The molecule has 2 heterocycles. The van der Waals surface area contributed by atoms with E-state index in [1.54, 1.807) is 18.4 Å². The van der Waals surface area contributed by atoms with Crippen molar-refractivity contribution in [2.24, 2.45) is 16.8 Å². The topological polar surface area (TPSA) is 61.1 Å². The van der Waals surface area contributed by atoms with Crippen LogP contribution in [0.15, 0.2) is 27.8 Å². The Balaban J connectivity index is 1.41. The highest BCUT2D eigenvalue weighted by atomic mass is 16.3. The average molecular weight is 361 g/mol.